The van der Waals surface area contributed by atoms with Crippen molar-refractivity contribution < 1.29 is 8.78 Å². The Kier molecular flexibility index (Phi) is 5.36. The van der Waals surface area contributed by atoms with Gasteiger partial charge in [0.25, 0.3) is 0 Å². The Morgan fingerprint density at radius 3 is 1.23 bits per heavy atom. The minimum Gasteiger partial charge on any atom is -0.207 e. The Balaban J connectivity index is 1.40. The van der Waals surface area contributed by atoms with Gasteiger partial charge in [-0.1, -0.05) is 121 Å². The van der Waals surface area contributed by atoms with Crippen molar-refractivity contribution >= 4 is 53.9 Å². The van der Waals surface area contributed by atoms with E-state index in [4.69, 9.17) is 0 Å². The van der Waals surface area contributed by atoms with Crippen LogP contribution in [0.5, 0.6) is 0 Å². The number of benzene rings is 9. The molecule has 0 aliphatic heterocycles. The van der Waals surface area contributed by atoms with Crippen molar-refractivity contribution in [1.82, 2.24) is 0 Å². The van der Waals surface area contributed by atoms with E-state index in [2.05, 4.69) is 97.1 Å². The maximum absolute atomic E-state index is 14.0. The van der Waals surface area contributed by atoms with Crippen molar-refractivity contribution in [2.45, 2.75) is 0 Å². The predicted octanol–water partition coefficient (Wildman–Crippen LogP) is 12.2. The van der Waals surface area contributed by atoms with Crippen LogP contribution in [0.15, 0.2) is 146 Å². The standard InChI is InChI=1S/C42H24F2/c43-29-17-9-25(10-18-29)31-21-13-27-15-23-37-38(24-16-28-14-22-36(31)40(27)41(28)37)42-34-7-3-1-5-32(34)39(26-11-19-30(44)20-12-26)33-6-2-4-8-35(33)42/h1-24H. The molecule has 0 unspecified atom stereocenters. The zero-order valence-electron chi connectivity index (χ0n) is 23.6. The first-order valence-electron chi connectivity index (χ1n) is 14.8. The minimum atomic E-state index is -0.241. The highest BCUT2D eigenvalue weighted by Gasteiger charge is 2.20. The molecule has 0 saturated carbocycles. The van der Waals surface area contributed by atoms with Crippen LogP contribution in [0, 0.1) is 11.6 Å². The second kappa shape index (κ2) is 9.45. The maximum atomic E-state index is 14.0. The van der Waals surface area contributed by atoms with Crippen LogP contribution >= 0.6 is 0 Å². The highest BCUT2D eigenvalue weighted by Crippen LogP contribution is 2.48. The molecular weight excluding hydrogens is 542 g/mol. The minimum absolute atomic E-state index is 0.235. The van der Waals surface area contributed by atoms with E-state index in [1.54, 1.807) is 0 Å². The highest BCUT2D eigenvalue weighted by molar-refractivity contribution is 6.30. The second-order valence-electron chi connectivity index (χ2n) is 11.5. The summed E-state index contributed by atoms with van der Waals surface area (Å²) < 4.78 is 27.8. The molecule has 9 rings (SSSR count). The van der Waals surface area contributed by atoms with Gasteiger partial charge in [0.05, 0.1) is 0 Å². The van der Waals surface area contributed by atoms with Crippen molar-refractivity contribution in [3.05, 3.63) is 157 Å². The van der Waals surface area contributed by atoms with Gasteiger partial charge < -0.3 is 0 Å². The Morgan fingerprint density at radius 2 is 0.705 bits per heavy atom. The van der Waals surface area contributed by atoms with Crippen LogP contribution in [-0.2, 0) is 0 Å². The first-order valence-corrected chi connectivity index (χ1v) is 14.8. The van der Waals surface area contributed by atoms with Gasteiger partial charge in [0.1, 0.15) is 11.6 Å². The van der Waals surface area contributed by atoms with Gasteiger partial charge in [0.15, 0.2) is 0 Å². The van der Waals surface area contributed by atoms with Crippen LogP contribution in [0.3, 0.4) is 0 Å². The van der Waals surface area contributed by atoms with E-state index >= 15 is 0 Å². The van der Waals surface area contributed by atoms with E-state index < -0.39 is 0 Å². The van der Waals surface area contributed by atoms with E-state index in [-0.39, 0.29) is 11.6 Å². The summed E-state index contributed by atoms with van der Waals surface area (Å²) in [7, 11) is 0. The van der Waals surface area contributed by atoms with Gasteiger partial charge in [0, 0.05) is 0 Å². The topological polar surface area (TPSA) is 0 Å². The molecule has 0 aromatic heterocycles. The lowest BCUT2D eigenvalue weighted by molar-refractivity contribution is 0.627. The molecule has 0 atom stereocenters. The van der Waals surface area contributed by atoms with Gasteiger partial charge >= 0.3 is 0 Å². The molecule has 0 nitrogen and oxygen atoms in total. The van der Waals surface area contributed by atoms with E-state index in [1.165, 1.54) is 62.3 Å². The number of halogens is 2. The lowest BCUT2D eigenvalue weighted by atomic mass is 9.83. The van der Waals surface area contributed by atoms with Gasteiger partial charge in [-0.25, -0.2) is 8.78 Å². The van der Waals surface area contributed by atoms with Crippen molar-refractivity contribution in [2.75, 3.05) is 0 Å². The number of hydrogen-bond acceptors (Lipinski definition) is 0. The van der Waals surface area contributed by atoms with Crippen molar-refractivity contribution in [3.8, 4) is 33.4 Å². The third-order valence-corrected chi connectivity index (χ3v) is 9.15. The SMILES string of the molecule is Fc1ccc(-c2c3ccccc3c(-c3ccc4ccc5c(-c6ccc(F)cc6)ccc6ccc3c4c65)c3ccccc23)cc1. The Labute approximate surface area is 252 Å². The molecule has 0 N–H and O–H groups in total. The van der Waals surface area contributed by atoms with Gasteiger partial charge in [-0.15, -0.1) is 0 Å². The molecule has 0 aliphatic rings. The molecule has 0 heterocycles. The van der Waals surface area contributed by atoms with Crippen LogP contribution in [0.2, 0.25) is 0 Å². The highest BCUT2D eigenvalue weighted by atomic mass is 19.1. The summed E-state index contributed by atoms with van der Waals surface area (Å²) in [5.74, 6) is -0.476. The van der Waals surface area contributed by atoms with E-state index in [1.807, 2.05) is 24.3 Å². The van der Waals surface area contributed by atoms with Crippen LogP contribution in [0.25, 0.3) is 87.2 Å². The monoisotopic (exact) mass is 566 g/mol. The fourth-order valence-electron chi connectivity index (χ4n) is 7.25. The number of rotatable bonds is 3. The summed E-state index contributed by atoms with van der Waals surface area (Å²) in [4.78, 5) is 0. The molecule has 0 aliphatic carbocycles. The second-order valence-corrected chi connectivity index (χ2v) is 11.5. The summed E-state index contributed by atoms with van der Waals surface area (Å²) in [6.45, 7) is 0. The number of fused-ring (bicyclic) bond motifs is 2. The molecule has 0 saturated heterocycles. The molecule has 206 valence electrons. The van der Waals surface area contributed by atoms with Crippen molar-refractivity contribution in [3.63, 3.8) is 0 Å². The largest absolute Gasteiger partial charge is 0.207 e. The van der Waals surface area contributed by atoms with Gasteiger partial charge in [-0.05, 0) is 112 Å². The summed E-state index contributed by atoms with van der Waals surface area (Å²) >= 11 is 0. The maximum Gasteiger partial charge on any atom is 0.123 e. The van der Waals surface area contributed by atoms with E-state index in [9.17, 15) is 8.78 Å². The fraction of sp³-hybridized carbons (Fsp3) is 0. The molecule has 9 aromatic carbocycles. The smallest absolute Gasteiger partial charge is 0.123 e. The summed E-state index contributed by atoms with van der Waals surface area (Å²) in [5, 5.41) is 11.8. The van der Waals surface area contributed by atoms with E-state index in [0.29, 0.717) is 0 Å². The van der Waals surface area contributed by atoms with Gasteiger partial charge in [0.2, 0.25) is 0 Å². The molecule has 0 amide bonds. The molecule has 0 bridgehead atoms. The fourth-order valence-corrected chi connectivity index (χ4v) is 7.25. The van der Waals surface area contributed by atoms with Crippen molar-refractivity contribution in [1.29, 1.82) is 0 Å². The van der Waals surface area contributed by atoms with Gasteiger partial charge in [-0.3, -0.25) is 0 Å². The quantitative estimate of drug-likeness (QED) is 0.147. The van der Waals surface area contributed by atoms with Gasteiger partial charge in [-0.2, -0.15) is 0 Å². The number of hydrogen-bond donors (Lipinski definition) is 0. The summed E-state index contributed by atoms with van der Waals surface area (Å²) in [5.41, 5.74) is 6.57. The first kappa shape index (κ1) is 24.9. The van der Waals surface area contributed by atoms with Crippen LogP contribution in [-0.4, -0.2) is 0 Å². The van der Waals surface area contributed by atoms with Crippen LogP contribution in [0.1, 0.15) is 0 Å². The third kappa shape index (κ3) is 3.61. The third-order valence-electron chi connectivity index (χ3n) is 9.15. The Hall–Kier alpha value is -5.60. The van der Waals surface area contributed by atoms with Crippen LogP contribution in [0.4, 0.5) is 8.78 Å². The zero-order chi connectivity index (χ0) is 29.4. The lowest BCUT2D eigenvalue weighted by Gasteiger charge is -2.20. The first-order chi connectivity index (χ1) is 21.7. The van der Waals surface area contributed by atoms with Crippen molar-refractivity contribution in [2.24, 2.45) is 0 Å². The molecule has 2 heteroatoms. The zero-order valence-corrected chi connectivity index (χ0v) is 23.6. The summed E-state index contributed by atoms with van der Waals surface area (Å²) in [6.07, 6.45) is 0. The predicted molar refractivity (Wildman–Crippen MR) is 181 cm³/mol. The van der Waals surface area contributed by atoms with Crippen LogP contribution < -0.4 is 0 Å². The average Bonchev–Trinajstić information content (AvgIpc) is 3.07. The molecule has 0 radical (unpaired) electrons. The molecular formula is C42H24F2. The normalized spacial score (nSPS) is 11.9. The molecule has 0 spiro atoms. The molecule has 9 aromatic rings. The summed E-state index contributed by atoms with van der Waals surface area (Å²) in [6, 6.07) is 48.4. The molecule has 44 heavy (non-hydrogen) atoms. The average molecular weight is 567 g/mol. The molecule has 0 fully saturated rings. The Morgan fingerprint density at radius 1 is 0.295 bits per heavy atom. The lowest BCUT2D eigenvalue weighted by Crippen LogP contribution is -1.93. The van der Waals surface area contributed by atoms with E-state index in [0.717, 1.165) is 49.2 Å². The Bertz CT molecular complexity index is 2490.